The van der Waals surface area contributed by atoms with Crippen LogP contribution in [0.25, 0.3) is 0 Å². The van der Waals surface area contributed by atoms with E-state index in [0.29, 0.717) is 17.1 Å². The number of aryl methyl sites for hydroxylation is 1. The van der Waals surface area contributed by atoms with E-state index in [0.717, 1.165) is 29.8 Å². The first-order chi connectivity index (χ1) is 13.3. The molecule has 0 fully saturated rings. The summed E-state index contributed by atoms with van der Waals surface area (Å²) in [6.07, 6.45) is 4.33. The van der Waals surface area contributed by atoms with Gasteiger partial charge in [0.25, 0.3) is 0 Å². The third-order valence-corrected chi connectivity index (χ3v) is 5.68. The van der Waals surface area contributed by atoms with E-state index in [1.165, 1.54) is 12.7 Å². The van der Waals surface area contributed by atoms with Gasteiger partial charge in [-0.1, -0.05) is 31.5 Å². The van der Waals surface area contributed by atoms with E-state index < -0.39 is 22.0 Å². The summed E-state index contributed by atoms with van der Waals surface area (Å²) in [5, 5.41) is 2.80. The van der Waals surface area contributed by atoms with Crippen LogP contribution < -0.4 is 14.4 Å². The molecule has 2 aromatic carbocycles. The van der Waals surface area contributed by atoms with Crippen molar-refractivity contribution in [3.63, 3.8) is 0 Å². The van der Waals surface area contributed by atoms with Gasteiger partial charge >= 0.3 is 0 Å². The average molecular weight is 405 g/mol. The number of benzene rings is 2. The molecular weight excluding hydrogens is 376 g/mol. The maximum Gasteiger partial charge on any atom is 0.247 e. The average Bonchev–Trinajstić information content (AvgIpc) is 2.66. The summed E-state index contributed by atoms with van der Waals surface area (Å²) in [6, 6.07) is 13.3. The zero-order chi connectivity index (χ0) is 20.7. The van der Waals surface area contributed by atoms with Crippen molar-refractivity contribution in [1.29, 1.82) is 0 Å². The van der Waals surface area contributed by atoms with Crippen molar-refractivity contribution in [2.24, 2.45) is 0 Å². The summed E-state index contributed by atoms with van der Waals surface area (Å²) in [5.41, 5.74) is 2.22. The van der Waals surface area contributed by atoms with E-state index in [9.17, 15) is 13.2 Å². The Bertz CT molecular complexity index is 895. The SMILES string of the molecule is CCCCc1ccc(NC(=O)[C@@H](C)N(c2cccc(OC)c2)S(C)(=O)=O)cc1. The van der Waals surface area contributed by atoms with Crippen LogP contribution in [-0.4, -0.2) is 33.7 Å². The van der Waals surface area contributed by atoms with E-state index in [4.69, 9.17) is 4.74 Å². The van der Waals surface area contributed by atoms with Gasteiger partial charge in [-0.3, -0.25) is 9.10 Å². The van der Waals surface area contributed by atoms with Gasteiger partial charge in [0.15, 0.2) is 0 Å². The number of amides is 1. The van der Waals surface area contributed by atoms with Gasteiger partial charge in [0, 0.05) is 11.8 Å². The molecule has 0 bridgehead atoms. The number of nitrogens with zero attached hydrogens (tertiary/aromatic N) is 1. The maximum atomic E-state index is 12.7. The minimum Gasteiger partial charge on any atom is -0.497 e. The minimum absolute atomic E-state index is 0.374. The first kappa shape index (κ1) is 21.8. The van der Waals surface area contributed by atoms with Crippen LogP contribution in [0.15, 0.2) is 48.5 Å². The molecule has 152 valence electrons. The highest BCUT2D eigenvalue weighted by molar-refractivity contribution is 7.92. The molecule has 1 N–H and O–H groups in total. The van der Waals surface area contributed by atoms with Gasteiger partial charge in [-0.15, -0.1) is 0 Å². The summed E-state index contributed by atoms with van der Waals surface area (Å²) < 4.78 is 31.0. The molecule has 0 aliphatic heterocycles. The normalized spacial score (nSPS) is 12.3. The highest BCUT2D eigenvalue weighted by atomic mass is 32.2. The number of hydrogen-bond donors (Lipinski definition) is 1. The van der Waals surface area contributed by atoms with E-state index in [2.05, 4.69) is 12.2 Å². The molecule has 0 aliphatic rings. The zero-order valence-electron chi connectivity index (χ0n) is 16.8. The van der Waals surface area contributed by atoms with Crippen LogP contribution in [0.3, 0.4) is 0 Å². The Morgan fingerprint density at radius 3 is 2.43 bits per heavy atom. The fourth-order valence-electron chi connectivity index (χ4n) is 2.94. The van der Waals surface area contributed by atoms with E-state index in [1.54, 1.807) is 31.2 Å². The third-order valence-electron chi connectivity index (χ3n) is 4.44. The van der Waals surface area contributed by atoms with Crippen LogP contribution in [0, 0.1) is 0 Å². The lowest BCUT2D eigenvalue weighted by Crippen LogP contribution is -2.45. The molecule has 0 aliphatic carbocycles. The largest absolute Gasteiger partial charge is 0.497 e. The first-order valence-electron chi connectivity index (χ1n) is 9.29. The molecule has 0 saturated heterocycles. The number of rotatable bonds is 9. The summed E-state index contributed by atoms with van der Waals surface area (Å²) >= 11 is 0. The van der Waals surface area contributed by atoms with Crippen molar-refractivity contribution in [2.45, 2.75) is 39.2 Å². The lowest BCUT2D eigenvalue weighted by atomic mass is 10.1. The van der Waals surface area contributed by atoms with Gasteiger partial charge in [0.1, 0.15) is 11.8 Å². The maximum absolute atomic E-state index is 12.7. The fourth-order valence-corrected chi connectivity index (χ4v) is 4.11. The van der Waals surface area contributed by atoms with Gasteiger partial charge in [0.05, 0.1) is 19.1 Å². The van der Waals surface area contributed by atoms with E-state index in [-0.39, 0.29) is 0 Å². The van der Waals surface area contributed by atoms with Crippen LogP contribution >= 0.6 is 0 Å². The Hall–Kier alpha value is -2.54. The van der Waals surface area contributed by atoms with Crippen LogP contribution in [-0.2, 0) is 21.2 Å². The van der Waals surface area contributed by atoms with Crippen molar-refractivity contribution >= 4 is 27.3 Å². The number of hydrogen-bond acceptors (Lipinski definition) is 4. The molecule has 1 atom stereocenters. The molecule has 0 radical (unpaired) electrons. The fraction of sp³-hybridized carbons (Fsp3) is 0.381. The Kier molecular flexibility index (Phi) is 7.45. The first-order valence-corrected chi connectivity index (χ1v) is 11.1. The van der Waals surface area contributed by atoms with E-state index >= 15 is 0 Å². The minimum atomic E-state index is -3.68. The molecule has 0 unspecified atom stereocenters. The van der Waals surface area contributed by atoms with Gasteiger partial charge in [-0.25, -0.2) is 8.42 Å². The molecule has 1 amide bonds. The van der Waals surface area contributed by atoms with Crippen LogP contribution in [0.2, 0.25) is 0 Å². The molecule has 28 heavy (non-hydrogen) atoms. The number of nitrogens with one attached hydrogen (secondary N) is 1. The number of methoxy groups -OCH3 is 1. The number of sulfonamides is 1. The second-order valence-corrected chi connectivity index (χ2v) is 8.59. The number of anilines is 2. The summed E-state index contributed by atoms with van der Waals surface area (Å²) in [5.74, 6) is 0.107. The number of carbonyl (C=O) groups excluding carboxylic acids is 1. The van der Waals surface area contributed by atoms with Crippen molar-refractivity contribution in [1.82, 2.24) is 0 Å². The van der Waals surface area contributed by atoms with Crippen molar-refractivity contribution in [2.75, 3.05) is 23.0 Å². The summed E-state index contributed by atoms with van der Waals surface area (Å²) in [6.45, 7) is 3.71. The number of carbonyl (C=O) groups is 1. The Morgan fingerprint density at radius 2 is 1.86 bits per heavy atom. The second kappa shape index (κ2) is 9.59. The second-order valence-electron chi connectivity index (χ2n) is 6.73. The topological polar surface area (TPSA) is 75.7 Å². The third kappa shape index (κ3) is 5.73. The van der Waals surface area contributed by atoms with Crippen LogP contribution in [0.5, 0.6) is 5.75 Å². The van der Waals surface area contributed by atoms with Gasteiger partial charge < -0.3 is 10.1 Å². The predicted octanol–water partition coefficient (Wildman–Crippen LogP) is 3.83. The summed E-state index contributed by atoms with van der Waals surface area (Å²) in [7, 11) is -2.18. The standard InChI is InChI=1S/C21H28N2O4S/c1-5-6-8-17-11-13-18(14-12-17)22-21(24)16(2)23(28(4,25)26)19-9-7-10-20(15-19)27-3/h7,9-16H,5-6,8H2,1-4H3,(H,22,24)/t16-/m1/s1. The quantitative estimate of drug-likeness (QED) is 0.689. The highest BCUT2D eigenvalue weighted by Crippen LogP contribution is 2.25. The lowest BCUT2D eigenvalue weighted by molar-refractivity contribution is -0.116. The molecule has 7 heteroatoms. The van der Waals surface area contributed by atoms with Crippen LogP contribution in [0.1, 0.15) is 32.3 Å². The molecule has 0 heterocycles. The molecule has 2 rings (SSSR count). The van der Waals surface area contributed by atoms with E-state index in [1.807, 2.05) is 24.3 Å². The van der Waals surface area contributed by atoms with Crippen LogP contribution in [0.4, 0.5) is 11.4 Å². The van der Waals surface area contributed by atoms with Crippen molar-refractivity contribution in [3.05, 3.63) is 54.1 Å². The molecule has 0 spiro atoms. The molecular formula is C21H28N2O4S. The van der Waals surface area contributed by atoms with Gasteiger partial charge in [-0.2, -0.15) is 0 Å². The molecule has 2 aromatic rings. The summed E-state index contributed by atoms with van der Waals surface area (Å²) in [4.78, 5) is 12.7. The van der Waals surface area contributed by atoms with Gasteiger partial charge in [0.2, 0.25) is 15.9 Å². The number of ether oxygens (including phenoxy) is 1. The lowest BCUT2D eigenvalue weighted by Gasteiger charge is -2.28. The Morgan fingerprint density at radius 1 is 1.18 bits per heavy atom. The monoisotopic (exact) mass is 404 g/mol. The number of unbranched alkanes of at least 4 members (excludes halogenated alkanes) is 1. The highest BCUT2D eigenvalue weighted by Gasteiger charge is 2.29. The Labute approximate surface area is 167 Å². The molecule has 0 aromatic heterocycles. The zero-order valence-corrected chi connectivity index (χ0v) is 17.6. The predicted molar refractivity (Wildman–Crippen MR) is 113 cm³/mol. The van der Waals surface area contributed by atoms with Crippen molar-refractivity contribution in [3.8, 4) is 5.75 Å². The smallest absolute Gasteiger partial charge is 0.247 e. The van der Waals surface area contributed by atoms with Crippen molar-refractivity contribution < 1.29 is 17.9 Å². The van der Waals surface area contributed by atoms with Gasteiger partial charge in [-0.05, 0) is 49.6 Å². The molecule has 6 nitrogen and oxygen atoms in total. The Balaban J connectivity index is 2.19. The molecule has 0 saturated carbocycles.